The summed E-state index contributed by atoms with van der Waals surface area (Å²) in [5.74, 6) is 0.882. The van der Waals surface area contributed by atoms with E-state index >= 15 is 0 Å². The van der Waals surface area contributed by atoms with Crippen molar-refractivity contribution in [1.82, 2.24) is 20.4 Å². The molecule has 0 spiro atoms. The summed E-state index contributed by atoms with van der Waals surface area (Å²) in [6.07, 6.45) is 6.36. The molecule has 1 aliphatic rings. The fraction of sp³-hybridized carbons (Fsp3) is 0.579. The van der Waals surface area contributed by atoms with E-state index in [4.69, 9.17) is 0 Å². The van der Waals surface area contributed by atoms with Crippen LogP contribution in [0.5, 0.6) is 0 Å². The number of nitrogens with one attached hydrogen (secondary N) is 2. The third kappa shape index (κ3) is 5.84. The lowest BCUT2D eigenvalue weighted by atomic mass is 9.91. The smallest absolute Gasteiger partial charge is 0.191 e. The Morgan fingerprint density at radius 1 is 1.44 bits per heavy atom. The molecule has 0 aliphatic carbocycles. The van der Waals surface area contributed by atoms with E-state index in [0.29, 0.717) is 6.04 Å². The zero-order valence-corrected chi connectivity index (χ0v) is 19.8. The van der Waals surface area contributed by atoms with Gasteiger partial charge >= 0.3 is 0 Å². The van der Waals surface area contributed by atoms with Crippen LogP contribution in [0.2, 0.25) is 0 Å². The molecule has 8 heteroatoms. The van der Waals surface area contributed by atoms with Gasteiger partial charge in [0.2, 0.25) is 0 Å². The molecule has 1 atom stereocenters. The van der Waals surface area contributed by atoms with Gasteiger partial charge in [0.25, 0.3) is 0 Å². The fourth-order valence-electron chi connectivity index (χ4n) is 3.34. The second-order valence-electron chi connectivity index (χ2n) is 7.59. The Morgan fingerprint density at radius 3 is 2.89 bits per heavy atom. The molecular weight excluding hydrogens is 471 g/mol. The average molecular weight is 502 g/mol. The van der Waals surface area contributed by atoms with Crippen molar-refractivity contribution in [3.63, 3.8) is 0 Å². The Hall–Kier alpha value is -1.29. The summed E-state index contributed by atoms with van der Waals surface area (Å²) in [7, 11) is 3.81. The van der Waals surface area contributed by atoms with Crippen LogP contribution in [-0.4, -0.2) is 48.5 Å². The van der Waals surface area contributed by atoms with Gasteiger partial charge in [0.05, 0.1) is 11.9 Å². The zero-order chi connectivity index (χ0) is 18.6. The molecule has 2 aromatic rings. The number of aromatic nitrogens is 2. The molecule has 1 unspecified atom stereocenters. The van der Waals surface area contributed by atoms with E-state index in [2.05, 4.69) is 63.2 Å². The summed E-state index contributed by atoms with van der Waals surface area (Å²) in [6, 6.07) is 4.71. The number of aliphatic imine (C=N–C) groups is 1. The van der Waals surface area contributed by atoms with Gasteiger partial charge < -0.3 is 15.5 Å². The first-order valence-electron chi connectivity index (χ1n) is 9.23. The van der Waals surface area contributed by atoms with Crippen molar-refractivity contribution in [2.45, 2.75) is 38.1 Å². The first-order chi connectivity index (χ1) is 12.5. The third-order valence-electron chi connectivity index (χ3n) is 4.93. The molecule has 1 fully saturated rings. The van der Waals surface area contributed by atoms with E-state index in [1.54, 1.807) is 0 Å². The van der Waals surface area contributed by atoms with E-state index < -0.39 is 0 Å². The van der Waals surface area contributed by atoms with Gasteiger partial charge in [-0.25, -0.2) is 0 Å². The van der Waals surface area contributed by atoms with Crippen LogP contribution < -0.4 is 15.5 Å². The Balaban J connectivity index is 0.00000261. The second-order valence-corrected chi connectivity index (χ2v) is 8.54. The molecule has 1 saturated heterocycles. The van der Waals surface area contributed by atoms with Crippen molar-refractivity contribution < 1.29 is 0 Å². The summed E-state index contributed by atoms with van der Waals surface area (Å²) < 4.78 is 1.86. The minimum Gasteiger partial charge on any atom is -0.367 e. The Morgan fingerprint density at radius 2 is 2.26 bits per heavy atom. The lowest BCUT2D eigenvalue weighted by molar-refractivity contribution is 0.461. The van der Waals surface area contributed by atoms with E-state index in [1.807, 2.05) is 36.3 Å². The molecule has 0 amide bonds. The molecule has 1 aliphatic heterocycles. The summed E-state index contributed by atoms with van der Waals surface area (Å²) in [5, 5.41) is 13.6. The van der Waals surface area contributed by atoms with Crippen molar-refractivity contribution in [3.05, 3.63) is 34.8 Å². The SMILES string of the molecule is CN=C(NCC(C)(C)c1cccs1)NC1CCCN(c2cnn(C)c2)C1.I. The minimum absolute atomic E-state index is 0. The van der Waals surface area contributed by atoms with Crippen LogP contribution in [0.15, 0.2) is 34.9 Å². The molecule has 0 saturated carbocycles. The Labute approximate surface area is 183 Å². The molecule has 6 nitrogen and oxygen atoms in total. The topological polar surface area (TPSA) is 57.5 Å². The largest absolute Gasteiger partial charge is 0.367 e. The van der Waals surface area contributed by atoms with Crippen molar-refractivity contribution >= 4 is 47.0 Å². The van der Waals surface area contributed by atoms with E-state index in [1.165, 1.54) is 17.0 Å². The lowest BCUT2D eigenvalue weighted by Crippen LogP contribution is -2.52. The number of hydrogen-bond donors (Lipinski definition) is 2. The minimum atomic E-state index is 0. The summed E-state index contributed by atoms with van der Waals surface area (Å²) in [5.41, 5.74) is 1.28. The number of anilines is 1. The van der Waals surface area contributed by atoms with Crippen molar-refractivity contribution in [2.75, 3.05) is 31.6 Å². The standard InChI is InChI=1S/C19H30N6S.HI/c1-19(2,17-8-6-10-26-17)14-21-18(20-3)23-15-7-5-9-25(12-15)16-11-22-24(4)13-16;/h6,8,10-11,13,15H,5,7,9,12,14H2,1-4H3,(H2,20,21,23);1H. The van der Waals surface area contributed by atoms with Crippen LogP contribution >= 0.6 is 35.3 Å². The van der Waals surface area contributed by atoms with Gasteiger partial charge in [-0.15, -0.1) is 35.3 Å². The average Bonchev–Trinajstić information content (AvgIpc) is 3.31. The fourth-order valence-corrected chi connectivity index (χ4v) is 4.20. The number of rotatable bonds is 5. The highest BCUT2D eigenvalue weighted by atomic mass is 127. The monoisotopic (exact) mass is 502 g/mol. The molecule has 3 rings (SSSR count). The molecule has 0 radical (unpaired) electrons. The number of guanidine groups is 1. The molecule has 2 aromatic heterocycles. The summed E-state index contributed by atoms with van der Waals surface area (Å²) in [6.45, 7) is 7.45. The van der Waals surface area contributed by atoms with Crippen molar-refractivity contribution in [2.24, 2.45) is 12.0 Å². The van der Waals surface area contributed by atoms with Crippen molar-refractivity contribution in [1.29, 1.82) is 0 Å². The molecule has 3 heterocycles. The number of thiophene rings is 1. The predicted molar refractivity (Wildman–Crippen MR) is 126 cm³/mol. The first kappa shape index (κ1) is 22.0. The number of aryl methyl sites for hydroxylation is 1. The lowest BCUT2D eigenvalue weighted by Gasteiger charge is -2.35. The van der Waals surface area contributed by atoms with Gasteiger partial charge in [0.1, 0.15) is 0 Å². The predicted octanol–water partition coefficient (Wildman–Crippen LogP) is 3.21. The number of nitrogens with zero attached hydrogens (tertiary/aromatic N) is 4. The molecule has 150 valence electrons. The maximum absolute atomic E-state index is 4.43. The van der Waals surface area contributed by atoms with Crippen LogP contribution in [0.1, 0.15) is 31.6 Å². The number of halogens is 1. The summed E-state index contributed by atoms with van der Waals surface area (Å²) >= 11 is 1.81. The van der Waals surface area contributed by atoms with Crippen LogP contribution in [0.3, 0.4) is 0 Å². The first-order valence-corrected chi connectivity index (χ1v) is 10.1. The van der Waals surface area contributed by atoms with Gasteiger partial charge in [-0.2, -0.15) is 5.10 Å². The third-order valence-corrected chi connectivity index (χ3v) is 6.16. The molecular formula is C19H31IN6S. The summed E-state index contributed by atoms with van der Waals surface area (Å²) in [4.78, 5) is 8.22. The van der Waals surface area contributed by atoms with Crippen LogP contribution in [-0.2, 0) is 12.5 Å². The number of piperidine rings is 1. The van der Waals surface area contributed by atoms with Crippen LogP contribution in [0.25, 0.3) is 0 Å². The Kier molecular flexibility index (Phi) is 7.96. The van der Waals surface area contributed by atoms with Gasteiger partial charge in [0.15, 0.2) is 5.96 Å². The van der Waals surface area contributed by atoms with Gasteiger partial charge in [-0.3, -0.25) is 9.67 Å². The van der Waals surface area contributed by atoms with Gasteiger partial charge in [-0.1, -0.05) is 19.9 Å². The van der Waals surface area contributed by atoms with E-state index in [-0.39, 0.29) is 29.4 Å². The number of hydrogen-bond acceptors (Lipinski definition) is 4. The Bertz CT molecular complexity index is 724. The normalized spacial score (nSPS) is 18.1. The second kappa shape index (κ2) is 9.77. The van der Waals surface area contributed by atoms with E-state index in [9.17, 15) is 0 Å². The molecule has 0 aromatic carbocycles. The van der Waals surface area contributed by atoms with Crippen molar-refractivity contribution in [3.8, 4) is 0 Å². The molecule has 2 N–H and O–H groups in total. The van der Waals surface area contributed by atoms with Crippen LogP contribution in [0, 0.1) is 0 Å². The van der Waals surface area contributed by atoms with Gasteiger partial charge in [-0.05, 0) is 24.3 Å². The van der Waals surface area contributed by atoms with Crippen LogP contribution in [0.4, 0.5) is 5.69 Å². The quantitative estimate of drug-likeness (QED) is 0.375. The molecule has 27 heavy (non-hydrogen) atoms. The molecule has 0 bridgehead atoms. The maximum Gasteiger partial charge on any atom is 0.191 e. The zero-order valence-electron chi connectivity index (χ0n) is 16.6. The highest BCUT2D eigenvalue weighted by Crippen LogP contribution is 2.26. The van der Waals surface area contributed by atoms with E-state index in [0.717, 1.165) is 32.0 Å². The highest BCUT2D eigenvalue weighted by molar-refractivity contribution is 14.0. The highest BCUT2D eigenvalue weighted by Gasteiger charge is 2.24. The maximum atomic E-state index is 4.43. The van der Waals surface area contributed by atoms with Gasteiger partial charge in [0, 0.05) is 56.3 Å².